The number of nitrogens with zero attached hydrogens (tertiary/aromatic N) is 3. The molecule has 0 saturated carbocycles. The number of hydrogen-bond donors (Lipinski definition) is 0. The van der Waals surface area contributed by atoms with Gasteiger partial charge in [0.15, 0.2) is 5.82 Å². The molecule has 0 aliphatic heterocycles. The number of benzene rings is 2. The lowest BCUT2D eigenvalue weighted by Gasteiger charge is -2.08. The van der Waals surface area contributed by atoms with Crippen molar-refractivity contribution < 1.29 is 0 Å². The first-order valence-electron chi connectivity index (χ1n) is 6.49. The van der Waals surface area contributed by atoms with Gasteiger partial charge in [0.05, 0.1) is 0 Å². The Balaban J connectivity index is 2.15. The fraction of sp³-hybridized carbons (Fsp3) is 0. The van der Waals surface area contributed by atoms with E-state index in [-0.39, 0.29) is 10.4 Å². The predicted molar refractivity (Wildman–Crippen MR) is 90.9 cm³/mol. The van der Waals surface area contributed by atoms with Gasteiger partial charge in [-0.15, -0.1) is 0 Å². The van der Waals surface area contributed by atoms with Crippen molar-refractivity contribution >= 4 is 39.7 Å². The van der Waals surface area contributed by atoms with Crippen molar-refractivity contribution in [2.75, 3.05) is 0 Å². The third-order valence-corrected chi connectivity index (χ3v) is 4.94. The molecule has 0 unspecified atom stereocenters. The second-order valence-corrected chi connectivity index (χ2v) is 6.74. The van der Waals surface area contributed by atoms with Crippen LogP contribution in [0.5, 0.6) is 0 Å². The van der Waals surface area contributed by atoms with E-state index >= 15 is 0 Å². The zero-order chi connectivity index (χ0) is 15.4. The highest BCUT2D eigenvalue weighted by molar-refractivity contribution is 7.87. The smallest absolute Gasteiger partial charge is 0.206 e. The van der Waals surface area contributed by atoms with E-state index in [2.05, 4.69) is 9.97 Å². The van der Waals surface area contributed by atoms with Crippen LogP contribution in [0.2, 0.25) is 10.4 Å². The monoisotopic (exact) mass is 347 g/mol. The molecular weight excluding hydrogens is 337 g/mol. The van der Waals surface area contributed by atoms with E-state index < -0.39 is 10.7 Å². The Morgan fingerprint density at radius 3 is 1.82 bits per heavy atom. The molecule has 22 heavy (non-hydrogen) atoms. The molecule has 0 aliphatic rings. The van der Waals surface area contributed by atoms with E-state index in [4.69, 9.17) is 27.6 Å². The maximum Gasteiger partial charge on any atom is 0.225 e. The van der Waals surface area contributed by atoms with Gasteiger partial charge in [-0.25, -0.2) is 4.98 Å². The normalized spacial score (nSPS) is 10.7. The van der Waals surface area contributed by atoms with Crippen molar-refractivity contribution in [3.05, 3.63) is 77.2 Å². The highest BCUT2D eigenvalue weighted by Gasteiger charge is 2.07. The van der Waals surface area contributed by atoms with Crippen LogP contribution in [0.3, 0.4) is 0 Å². The summed E-state index contributed by atoms with van der Waals surface area (Å²) in [5.41, 5.74) is 0. The molecule has 0 atom stereocenters. The van der Waals surface area contributed by atoms with E-state index in [9.17, 15) is 0 Å². The summed E-state index contributed by atoms with van der Waals surface area (Å²) in [5, 5.41) is 0.374. The van der Waals surface area contributed by atoms with Crippen LogP contribution in [-0.4, -0.2) is 9.97 Å². The fourth-order valence-corrected chi connectivity index (χ4v) is 3.85. The van der Waals surface area contributed by atoms with Crippen LogP contribution in [0.1, 0.15) is 0 Å². The van der Waals surface area contributed by atoms with Gasteiger partial charge in [-0.05, 0) is 46.6 Å². The molecule has 3 nitrogen and oxygen atoms in total. The molecule has 0 spiro atoms. The Bertz CT molecular complexity index is 746. The number of rotatable bonds is 3. The van der Waals surface area contributed by atoms with Crippen molar-refractivity contribution in [2.45, 2.75) is 9.79 Å². The largest absolute Gasteiger partial charge is 0.225 e. The summed E-state index contributed by atoms with van der Waals surface area (Å²) in [5.74, 6) is 0.473. The minimum atomic E-state index is -0.501. The zero-order valence-electron chi connectivity index (χ0n) is 11.4. The lowest BCUT2D eigenvalue weighted by Crippen LogP contribution is -1.93. The minimum Gasteiger partial charge on any atom is -0.206 e. The van der Waals surface area contributed by atoms with Gasteiger partial charge in [0.25, 0.3) is 0 Å². The van der Waals surface area contributed by atoms with Crippen LogP contribution < -0.4 is 0 Å². The number of halogens is 2. The van der Waals surface area contributed by atoms with Crippen molar-refractivity contribution in [1.82, 2.24) is 9.97 Å². The van der Waals surface area contributed by atoms with E-state index in [1.807, 2.05) is 60.7 Å². The van der Waals surface area contributed by atoms with Crippen molar-refractivity contribution in [1.29, 1.82) is 0 Å². The molecule has 0 radical (unpaired) electrons. The Morgan fingerprint density at radius 2 is 1.32 bits per heavy atom. The van der Waals surface area contributed by atoms with Crippen molar-refractivity contribution in [3.63, 3.8) is 0 Å². The molecule has 0 bridgehead atoms. The lowest BCUT2D eigenvalue weighted by molar-refractivity contribution is 1.15. The highest BCUT2D eigenvalue weighted by atomic mass is 35.5. The Labute approximate surface area is 141 Å². The molecule has 0 N–H and O–H groups in total. The van der Waals surface area contributed by atoms with Crippen LogP contribution in [0.4, 0.5) is 5.82 Å². The summed E-state index contributed by atoms with van der Waals surface area (Å²) < 4.78 is 4.73. The molecule has 6 heteroatoms. The second-order valence-electron chi connectivity index (χ2n) is 4.32. The van der Waals surface area contributed by atoms with Gasteiger partial charge in [-0.1, -0.05) is 48.0 Å². The highest BCUT2D eigenvalue weighted by Crippen LogP contribution is 2.24. The quantitative estimate of drug-likeness (QED) is 0.474. The summed E-state index contributed by atoms with van der Waals surface area (Å²) in [7, 11) is -0.501. The Kier molecular flexibility index (Phi) is 4.83. The molecule has 3 aromatic rings. The van der Waals surface area contributed by atoms with Crippen LogP contribution in [0.15, 0.2) is 80.9 Å². The number of aromatic nitrogens is 2. The molecular formula is C16H11Cl2N3S. The molecule has 0 aliphatic carbocycles. The van der Waals surface area contributed by atoms with Gasteiger partial charge in [-0.3, -0.25) is 0 Å². The SMILES string of the molecule is Clc1cc(N=S(c2ccccc2)c2ccccc2)nc(Cl)n1. The Hall–Kier alpha value is -1.75. The summed E-state index contributed by atoms with van der Waals surface area (Å²) in [6.07, 6.45) is 0. The molecule has 0 amide bonds. The van der Waals surface area contributed by atoms with Crippen molar-refractivity contribution in [3.8, 4) is 0 Å². The average Bonchev–Trinajstić information content (AvgIpc) is 2.53. The maximum atomic E-state index is 5.93. The summed E-state index contributed by atoms with van der Waals surface area (Å²) >= 11 is 11.8. The van der Waals surface area contributed by atoms with Gasteiger partial charge >= 0.3 is 0 Å². The molecule has 0 fully saturated rings. The van der Waals surface area contributed by atoms with Gasteiger partial charge in [0.2, 0.25) is 5.28 Å². The maximum absolute atomic E-state index is 5.93. The summed E-state index contributed by atoms with van der Waals surface area (Å²) in [6, 6.07) is 21.7. The van der Waals surface area contributed by atoms with Gasteiger partial charge < -0.3 is 0 Å². The zero-order valence-corrected chi connectivity index (χ0v) is 13.7. The predicted octanol–water partition coefficient (Wildman–Crippen LogP) is 5.34. The van der Waals surface area contributed by atoms with Crippen molar-refractivity contribution in [2.24, 2.45) is 4.36 Å². The second kappa shape index (κ2) is 7.01. The van der Waals surface area contributed by atoms with Gasteiger partial charge in [0.1, 0.15) is 5.15 Å². The first kappa shape index (κ1) is 15.2. The first-order valence-corrected chi connectivity index (χ1v) is 8.42. The fourth-order valence-electron chi connectivity index (χ4n) is 1.86. The van der Waals surface area contributed by atoms with E-state index in [0.29, 0.717) is 5.82 Å². The van der Waals surface area contributed by atoms with Gasteiger partial charge in [0, 0.05) is 15.9 Å². The molecule has 0 saturated heterocycles. The first-order chi connectivity index (χ1) is 10.7. The molecule has 110 valence electrons. The molecule has 1 aromatic heterocycles. The van der Waals surface area contributed by atoms with Crippen LogP contribution in [0.25, 0.3) is 0 Å². The Morgan fingerprint density at radius 1 is 0.773 bits per heavy atom. The molecule has 3 rings (SSSR count). The summed E-state index contributed by atoms with van der Waals surface area (Å²) in [6.45, 7) is 0. The minimum absolute atomic E-state index is 0.0934. The van der Waals surface area contributed by atoms with E-state index in [1.54, 1.807) is 6.07 Å². The summed E-state index contributed by atoms with van der Waals surface area (Å²) in [4.78, 5) is 10.2. The van der Waals surface area contributed by atoms with E-state index in [0.717, 1.165) is 9.79 Å². The number of hydrogen-bond acceptors (Lipinski definition) is 3. The van der Waals surface area contributed by atoms with Crippen LogP contribution in [0, 0.1) is 0 Å². The third kappa shape index (κ3) is 3.71. The lowest BCUT2D eigenvalue weighted by atomic mass is 10.4. The third-order valence-electron chi connectivity index (χ3n) is 2.77. The van der Waals surface area contributed by atoms with Crippen LogP contribution in [-0.2, 0) is 10.7 Å². The van der Waals surface area contributed by atoms with Crippen LogP contribution >= 0.6 is 23.2 Å². The standard InChI is InChI=1S/C16H11Cl2N3S/c17-14-11-15(20-16(18)19-14)21-22(12-7-3-1-4-8-12)13-9-5-2-6-10-13/h1-11H. The molecule has 2 aromatic carbocycles. The van der Waals surface area contributed by atoms with Gasteiger partial charge in [-0.2, -0.15) is 9.35 Å². The molecule has 1 heterocycles. The average molecular weight is 348 g/mol. The van der Waals surface area contributed by atoms with E-state index in [1.165, 1.54) is 0 Å². The topological polar surface area (TPSA) is 38.1 Å².